The summed E-state index contributed by atoms with van der Waals surface area (Å²) < 4.78 is 20.5. The Bertz CT molecular complexity index is 537. The van der Waals surface area contributed by atoms with Crippen LogP contribution in [0.25, 0.3) is 0 Å². The van der Waals surface area contributed by atoms with Gasteiger partial charge >= 0.3 is 0 Å². The quantitative estimate of drug-likeness (QED) is 0.832. The molecule has 0 radical (unpaired) electrons. The van der Waals surface area contributed by atoms with E-state index in [1.54, 1.807) is 18.2 Å². The molecule has 0 atom stereocenters. The van der Waals surface area contributed by atoms with Gasteiger partial charge in [0.05, 0.1) is 0 Å². The number of nitrogens with zero attached hydrogens (tertiary/aromatic N) is 1. The molecule has 0 unspecified atom stereocenters. The minimum Gasteiger partial charge on any atom is -0.381 e. The number of halogens is 2. The normalized spacial score (nSPS) is 22.5. The highest BCUT2D eigenvalue weighted by Crippen LogP contribution is 2.40. The Kier molecular flexibility index (Phi) is 4.69. The summed E-state index contributed by atoms with van der Waals surface area (Å²) in [6.07, 6.45) is 2.18. The zero-order chi connectivity index (χ0) is 15.6. The Morgan fingerprint density at radius 2 is 1.86 bits per heavy atom. The number of ether oxygens (including phenoxy) is 1. The molecular weight excluding hydrogens is 305 g/mol. The third-order valence-electron chi connectivity index (χ3n) is 4.79. The molecule has 0 aliphatic carbocycles. The van der Waals surface area contributed by atoms with Crippen molar-refractivity contribution in [3.05, 3.63) is 34.9 Å². The van der Waals surface area contributed by atoms with Crippen LogP contribution in [0, 0.1) is 5.92 Å². The summed E-state index contributed by atoms with van der Waals surface area (Å²) in [4.78, 5) is 14.3. The van der Waals surface area contributed by atoms with Crippen LogP contribution in [0.4, 0.5) is 4.39 Å². The first kappa shape index (κ1) is 15.8. The van der Waals surface area contributed by atoms with E-state index in [4.69, 9.17) is 16.3 Å². The van der Waals surface area contributed by atoms with Gasteiger partial charge in [-0.05, 0) is 18.9 Å². The van der Waals surface area contributed by atoms with Gasteiger partial charge in [0, 0.05) is 55.6 Å². The third kappa shape index (κ3) is 3.13. The fourth-order valence-electron chi connectivity index (χ4n) is 3.38. The number of rotatable bonds is 2. The Balaban J connectivity index is 1.64. The predicted molar refractivity (Wildman–Crippen MR) is 83.6 cm³/mol. The number of piperidine rings is 1. The van der Waals surface area contributed by atoms with Gasteiger partial charge in [-0.15, -0.1) is 0 Å². The van der Waals surface area contributed by atoms with Crippen LogP contribution in [0.15, 0.2) is 24.3 Å². The van der Waals surface area contributed by atoms with Crippen LogP contribution < -0.4 is 0 Å². The smallest absolute Gasteiger partial charge is 0.225 e. The summed E-state index contributed by atoms with van der Waals surface area (Å²) >= 11 is 6.13. The van der Waals surface area contributed by atoms with Crippen molar-refractivity contribution in [2.75, 3.05) is 26.3 Å². The Morgan fingerprint density at radius 1 is 1.23 bits per heavy atom. The number of amides is 1. The molecule has 120 valence electrons. The van der Waals surface area contributed by atoms with Gasteiger partial charge in [0.2, 0.25) is 5.91 Å². The van der Waals surface area contributed by atoms with Gasteiger partial charge in [0.15, 0.2) is 0 Å². The molecule has 2 aliphatic heterocycles. The SMILES string of the molecule is O=C(C1CCOCC1)N1CCC(F)(c2ccccc2Cl)CC1. The highest BCUT2D eigenvalue weighted by atomic mass is 35.5. The number of carbonyl (C=O) groups is 1. The second kappa shape index (κ2) is 6.55. The molecule has 5 heteroatoms. The molecule has 3 nitrogen and oxygen atoms in total. The van der Waals surface area contributed by atoms with Crippen molar-refractivity contribution in [2.45, 2.75) is 31.4 Å². The first-order chi connectivity index (χ1) is 10.6. The number of likely N-dealkylation sites (tertiary alicyclic amines) is 1. The van der Waals surface area contributed by atoms with Crippen molar-refractivity contribution >= 4 is 17.5 Å². The largest absolute Gasteiger partial charge is 0.381 e. The fourth-order valence-corrected chi connectivity index (χ4v) is 3.68. The van der Waals surface area contributed by atoms with Gasteiger partial charge in [0.25, 0.3) is 0 Å². The zero-order valence-corrected chi connectivity index (χ0v) is 13.3. The van der Waals surface area contributed by atoms with Crippen LogP contribution in [-0.4, -0.2) is 37.1 Å². The topological polar surface area (TPSA) is 29.5 Å². The lowest BCUT2D eigenvalue weighted by molar-refractivity contribution is -0.141. The third-order valence-corrected chi connectivity index (χ3v) is 5.12. The monoisotopic (exact) mass is 325 g/mol. The Hall–Kier alpha value is -1.13. The number of benzene rings is 1. The van der Waals surface area contributed by atoms with E-state index in [1.807, 2.05) is 11.0 Å². The zero-order valence-electron chi connectivity index (χ0n) is 12.6. The molecule has 0 bridgehead atoms. The molecule has 2 fully saturated rings. The highest BCUT2D eigenvalue weighted by Gasteiger charge is 2.40. The lowest BCUT2D eigenvalue weighted by Gasteiger charge is -2.39. The fraction of sp³-hybridized carbons (Fsp3) is 0.588. The van der Waals surface area contributed by atoms with Crippen molar-refractivity contribution in [1.29, 1.82) is 0 Å². The molecule has 0 N–H and O–H groups in total. The van der Waals surface area contributed by atoms with E-state index in [9.17, 15) is 4.79 Å². The molecule has 2 heterocycles. The van der Waals surface area contributed by atoms with Crippen LogP contribution in [0.3, 0.4) is 0 Å². The van der Waals surface area contributed by atoms with Gasteiger partial charge in [-0.3, -0.25) is 4.79 Å². The maximum absolute atomic E-state index is 15.2. The average molecular weight is 326 g/mol. The van der Waals surface area contributed by atoms with Crippen molar-refractivity contribution in [2.24, 2.45) is 5.92 Å². The second-order valence-electron chi connectivity index (χ2n) is 6.16. The molecule has 1 aromatic carbocycles. The Labute approximate surface area is 135 Å². The van der Waals surface area contributed by atoms with Gasteiger partial charge in [-0.1, -0.05) is 29.8 Å². The molecule has 0 aromatic heterocycles. The van der Waals surface area contributed by atoms with Crippen molar-refractivity contribution in [3.8, 4) is 0 Å². The number of alkyl halides is 1. The summed E-state index contributed by atoms with van der Waals surface area (Å²) in [6.45, 7) is 2.21. The van der Waals surface area contributed by atoms with E-state index in [2.05, 4.69) is 0 Å². The number of carbonyl (C=O) groups excluding carboxylic acids is 1. The van der Waals surface area contributed by atoms with E-state index in [0.717, 1.165) is 12.8 Å². The first-order valence-electron chi connectivity index (χ1n) is 7.91. The molecule has 3 rings (SSSR count). The molecule has 2 saturated heterocycles. The molecule has 22 heavy (non-hydrogen) atoms. The van der Waals surface area contributed by atoms with Crippen LogP contribution in [0.5, 0.6) is 0 Å². The molecule has 0 spiro atoms. The number of hydrogen-bond donors (Lipinski definition) is 0. The Morgan fingerprint density at radius 3 is 2.50 bits per heavy atom. The van der Waals surface area contributed by atoms with Crippen molar-refractivity contribution in [3.63, 3.8) is 0 Å². The summed E-state index contributed by atoms with van der Waals surface area (Å²) in [5, 5.41) is 0.467. The van der Waals surface area contributed by atoms with Crippen molar-refractivity contribution < 1.29 is 13.9 Å². The van der Waals surface area contributed by atoms with Gasteiger partial charge in [-0.2, -0.15) is 0 Å². The summed E-state index contributed by atoms with van der Waals surface area (Å²) in [5.41, 5.74) is -0.875. The van der Waals surface area contributed by atoms with Gasteiger partial charge in [-0.25, -0.2) is 4.39 Å². The van der Waals surface area contributed by atoms with E-state index in [1.165, 1.54) is 0 Å². The van der Waals surface area contributed by atoms with E-state index in [0.29, 0.717) is 49.7 Å². The summed E-state index contributed by atoms with van der Waals surface area (Å²) in [7, 11) is 0. The van der Waals surface area contributed by atoms with Crippen LogP contribution >= 0.6 is 11.6 Å². The summed E-state index contributed by atoms with van der Waals surface area (Å²) in [6, 6.07) is 7.08. The van der Waals surface area contributed by atoms with Gasteiger partial charge < -0.3 is 9.64 Å². The van der Waals surface area contributed by atoms with Gasteiger partial charge in [0.1, 0.15) is 5.67 Å². The standard InChI is InChI=1S/C17H21ClFNO2/c18-15-4-2-1-3-14(15)17(19)7-9-20(10-8-17)16(21)13-5-11-22-12-6-13/h1-4,13H,5-12H2. The van der Waals surface area contributed by atoms with Crippen LogP contribution in [-0.2, 0) is 15.2 Å². The van der Waals surface area contributed by atoms with E-state index in [-0.39, 0.29) is 11.8 Å². The average Bonchev–Trinajstić information content (AvgIpc) is 2.56. The van der Waals surface area contributed by atoms with E-state index >= 15 is 4.39 Å². The maximum atomic E-state index is 15.2. The predicted octanol–water partition coefficient (Wildman–Crippen LogP) is 3.55. The minimum atomic E-state index is -1.43. The molecule has 2 aliphatic rings. The molecular formula is C17H21ClFNO2. The molecule has 0 saturated carbocycles. The lowest BCUT2D eigenvalue weighted by Crippen LogP contribution is -2.46. The molecule has 1 aromatic rings. The minimum absolute atomic E-state index is 0.0428. The lowest BCUT2D eigenvalue weighted by atomic mass is 9.85. The second-order valence-corrected chi connectivity index (χ2v) is 6.56. The molecule has 1 amide bonds. The van der Waals surface area contributed by atoms with Crippen LogP contribution in [0.1, 0.15) is 31.2 Å². The van der Waals surface area contributed by atoms with E-state index < -0.39 is 5.67 Å². The number of hydrogen-bond acceptors (Lipinski definition) is 2. The van der Waals surface area contributed by atoms with Crippen molar-refractivity contribution in [1.82, 2.24) is 4.90 Å². The van der Waals surface area contributed by atoms with Crippen LogP contribution in [0.2, 0.25) is 5.02 Å². The summed E-state index contributed by atoms with van der Waals surface area (Å²) in [5.74, 6) is 0.200. The highest BCUT2D eigenvalue weighted by molar-refractivity contribution is 6.31. The first-order valence-corrected chi connectivity index (χ1v) is 8.28. The maximum Gasteiger partial charge on any atom is 0.225 e.